The molecule has 0 spiro atoms. The van der Waals surface area contributed by atoms with Crippen molar-refractivity contribution >= 4 is 34.8 Å². The Labute approximate surface area is 80.3 Å². The lowest BCUT2D eigenvalue weighted by Gasteiger charge is -2.00. The first-order valence-corrected chi connectivity index (χ1v) is 4.08. The highest BCUT2D eigenvalue weighted by Gasteiger charge is 2.05. The molecular weight excluding hydrogens is 204 g/mol. The quantitative estimate of drug-likeness (QED) is 0.646. The van der Waals surface area contributed by atoms with Crippen LogP contribution in [-0.2, 0) is 6.42 Å². The van der Waals surface area contributed by atoms with Gasteiger partial charge in [0.2, 0.25) is 0 Å². The average Bonchev–Trinajstić information content (AvgIpc) is 1.99. The number of aromatic nitrogens is 1. The molecular formula is C7H5Cl3N. The molecule has 59 valence electrons. The molecule has 0 N–H and O–H groups in total. The molecule has 1 aromatic rings. The lowest BCUT2D eigenvalue weighted by molar-refractivity contribution is 1.11. The molecule has 0 amide bonds. The highest BCUT2D eigenvalue weighted by molar-refractivity contribution is 6.47. The van der Waals surface area contributed by atoms with Crippen LogP contribution in [0.3, 0.4) is 0 Å². The van der Waals surface area contributed by atoms with Crippen molar-refractivity contribution in [2.24, 2.45) is 0 Å². The normalized spacial score (nSPS) is 10.2. The summed E-state index contributed by atoms with van der Waals surface area (Å²) < 4.78 is 0. The summed E-state index contributed by atoms with van der Waals surface area (Å²) in [5, 5.41) is 0.952. The molecule has 0 bridgehead atoms. The molecule has 0 fully saturated rings. The Kier molecular flexibility index (Phi) is 2.99. The molecule has 1 aromatic heterocycles. The van der Waals surface area contributed by atoms with Gasteiger partial charge in [-0.15, -0.1) is 0 Å². The van der Waals surface area contributed by atoms with Gasteiger partial charge in [0.15, 0.2) is 0 Å². The van der Waals surface area contributed by atoms with Crippen LogP contribution in [0.5, 0.6) is 0 Å². The fourth-order valence-electron chi connectivity index (χ4n) is 0.644. The zero-order valence-electron chi connectivity index (χ0n) is 5.57. The Morgan fingerprint density at radius 3 is 2.45 bits per heavy atom. The maximum Gasteiger partial charge on any atom is 0.149 e. The van der Waals surface area contributed by atoms with E-state index in [0.29, 0.717) is 16.5 Å². The van der Waals surface area contributed by atoms with Crippen molar-refractivity contribution in [3.63, 3.8) is 0 Å². The van der Waals surface area contributed by atoms with Crippen molar-refractivity contribution in [3.05, 3.63) is 33.9 Å². The van der Waals surface area contributed by atoms with Gasteiger partial charge in [-0.1, -0.05) is 34.8 Å². The molecule has 0 aliphatic rings. The van der Waals surface area contributed by atoms with E-state index >= 15 is 0 Å². The highest BCUT2D eigenvalue weighted by atomic mass is 35.5. The molecule has 0 aliphatic heterocycles. The Morgan fingerprint density at radius 1 is 1.36 bits per heavy atom. The lowest BCUT2D eigenvalue weighted by atomic mass is 10.3. The highest BCUT2D eigenvalue weighted by Crippen LogP contribution is 2.28. The summed E-state index contributed by atoms with van der Waals surface area (Å²) in [7, 11) is 0. The molecule has 0 saturated heterocycles. The first-order valence-electron chi connectivity index (χ1n) is 2.95. The topological polar surface area (TPSA) is 12.9 Å². The van der Waals surface area contributed by atoms with Gasteiger partial charge in [-0.05, 0) is 19.4 Å². The van der Waals surface area contributed by atoms with E-state index in [4.69, 9.17) is 34.8 Å². The predicted molar refractivity (Wildman–Crippen MR) is 48.3 cm³/mol. The summed E-state index contributed by atoms with van der Waals surface area (Å²) in [5.41, 5.74) is 0.740. The SMILES string of the molecule is [CH2]Cc1cc(Cl)c(Cl)c(Cl)n1. The molecule has 0 atom stereocenters. The molecule has 0 aliphatic carbocycles. The molecule has 1 heterocycles. The van der Waals surface area contributed by atoms with Gasteiger partial charge in [-0.2, -0.15) is 0 Å². The van der Waals surface area contributed by atoms with Crippen LogP contribution in [0, 0.1) is 6.92 Å². The Hall–Kier alpha value is 0.0200. The van der Waals surface area contributed by atoms with E-state index in [0.717, 1.165) is 5.69 Å². The molecule has 4 heteroatoms. The average molecular weight is 209 g/mol. The van der Waals surface area contributed by atoms with Crippen LogP contribution in [0.25, 0.3) is 0 Å². The summed E-state index contributed by atoms with van der Waals surface area (Å²) in [6.45, 7) is 3.64. The maximum absolute atomic E-state index is 5.71. The smallest absolute Gasteiger partial charge is 0.149 e. The third-order valence-corrected chi connectivity index (χ3v) is 2.33. The van der Waals surface area contributed by atoms with Crippen LogP contribution in [0.4, 0.5) is 0 Å². The molecule has 1 nitrogen and oxygen atoms in total. The van der Waals surface area contributed by atoms with E-state index in [1.54, 1.807) is 6.07 Å². The van der Waals surface area contributed by atoms with Crippen molar-refractivity contribution < 1.29 is 0 Å². The van der Waals surface area contributed by atoms with E-state index in [1.807, 2.05) is 0 Å². The zero-order chi connectivity index (χ0) is 8.43. The molecule has 11 heavy (non-hydrogen) atoms. The van der Waals surface area contributed by atoms with Gasteiger partial charge in [-0.3, -0.25) is 0 Å². The van der Waals surface area contributed by atoms with Gasteiger partial charge in [0.05, 0.1) is 10.0 Å². The second kappa shape index (κ2) is 3.61. The summed E-state index contributed by atoms with van der Waals surface area (Å²) in [4.78, 5) is 3.94. The number of nitrogens with zero attached hydrogens (tertiary/aromatic N) is 1. The fourth-order valence-corrected chi connectivity index (χ4v) is 1.21. The zero-order valence-corrected chi connectivity index (χ0v) is 7.84. The molecule has 0 aromatic carbocycles. The summed E-state index contributed by atoms with van der Waals surface area (Å²) in [6.07, 6.45) is 0.552. The first-order chi connectivity index (χ1) is 5.15. The van der Waals surface area contributed by atoms with E-state index in [2.05, 4.69) is 11.9 Å². The molecule has 1 radical (unpaired) electrons. The Bertz CT molecular complexity index is 249. The van der Waals surface area contributed by atoms with Crippen LogP contribution in [0.2, 0.25) is 15.2 Å². The lowest BCUT2D eigenvalue weighted by Crippen LogP contribution is -1.88. The van der Waals surface area contributed by atoms with Crippen molar-refractivity contribution in [1.29, 1.82) is 0 Å². The van der Waals surface area contributed by atoms with Gasteiger partial charge in [-0.25, -0.2) is 4.98 Å². The van der Waals surface area contributed by atoms with Crippen LogP contribution in [0.1, 0.15) is 5.69 Å². The summed E-state index contributed by atoms with van der Waals surface area (Å²) in [6, 6.07) is 1.66. The third-order valence-electron chi connectivity index (χ3n) is 1.18. The Balaban J connectivity index is 3.21. The van der Waals surface area contributed by atoms with Gasteiger partial charge < -0.3 is 0 Å². The largest absolute Gasteiger partial charge is 0.239 e. The molecule has 0 unspecified atom stereocenters. The standard InChI is InChI=1S/C7H5Cl3N/c1-2-4-3-5(8)6(9)7(10)11-4/h3H,1-2H2. The number of halogens is 3. The van der Waals surface area contributed by atoms with Crippen molar-refractivity contribution in [2.75, 3.05) is 0 Å². The maximum atomic E-state index is 5.71. The Morgan fingerprint density at radius 2 is 2.00 bits per heavy atom. The molecule has 1 rings (SSSR count). The number of pyridine rings is 1. The predicted octanol–water partition coefficient (Wildman–Crippen LogP) is 3.42. The minimum Gasteiger partial charge on any atom is -0.239 e. The van der Waals surface area contributed by atoms with Gasteiger partial charge in [0, 0.05) is 5.69 Å². The van der Waals surface area contributed by atoms with Gasteiger partial charge in [0.1, 0.15) is 5.15 Å². The van der Waals surface area contributed by atoms with Crippen molar-refractivity contribution in [2.45, 2.75) is 6.42 Å². The first kappa shape index (κ1) is 9.11. The van der Waals surface area contributed by atoms with E-state index < -0.39 is 0 Å². The van der Waals surface area contributed by atoms with Crippen molar-refractivity contribution in [1.82, 2.24) is 4.98 Å². The van der Waals surface area contributed by atoms with E-state index in [-0.39, 0.29) is 5.15 Å². The monoisotopic (exact) mass is 208 g/mol. The van der Waals surface area contributed by atoms with Crippen LogP contribution in [0.15, 0.2) is 6.07 Å². The third kappa shape index (κ3) is 1.98. The number of hydrogen-bond acceptors (Lipinski definition) is 1. The second-order valence-electron chi connectivity index (χ2n) is 1.95. The van der Waals surface area contributed by atoms with Crippen LogP contribution < -0.4 is 0 Å². The fraction of sp³-hybridized carbons (Fsp3) is 0.143. The second-order valence-corrected chi connectivity index (χ2v) is 3.09. The van der Waals surface area contributed by atoms with Crippen LogP contribution in [-0.4, -0.2) is 4.98 Å². The van der Waals surface area contributed by atoms with Crippen LogP contribution >= 0.6 is 34.8 Å². The number of hydrogen-bond donors (Lipinski definition) is 0. The minimum atomic E-state index is 0.234. The van der Waals surface area contributed by atoms with E-state index in [9.17, 15) is 0 Å². The van der Waals surface area contributed by atoms with Crippen molar-refractivity contribution in [3.8, 4) is 0 Å². The summed E-state index contributed by atoms with van der Waals surface area (Å²) in [5.74, 6) is 0. The number of rotatable bonds is 1. The summed E-state index contributed by atoms with van der Waals surface area (Å²) >= 11 is 17.0. The molecule has 0 saturated carbocycles. The minimum absolute atomic E-state index is 0.234. The van der Waals surface area contributed by atoms with Gasteiger partial charge >= 0.3 is 0 Å². The van der Waals surface area contributed by atoms with E-state index in [1.165, 1.54) is 0 Å². The van der Waals surface area contributed by atoms with Gasteiger partial charge in [0.25, 0.3) is 0 Å².